The van der Waals surface area contributed by atoms with Crippen molar-refractivity contribution in [3.8, 4) is 0 Å². The second kappa shape index (κ2) is 7.08. The lowest BCUT2D eigenvalue weighted by Gasteiger charge is -2.30. The molecule has 1 aliphatic heterocycles. The van der Waals surface area contributed by atoms with Crippen molar-refractivity contribution in [1.29, 1.82) is 0 Å². The second-order valence-electron chi connectivity index (χ2n) is 6.59. The van der Waals surface area contributed by atoms with Crippen LogP contribution in [0.5, 0.6) is 0 Å². The molecular formula is C18H28N2O. The zero-order valence-electron chi connectivity index (χ0n) is 13.8. The fraction of sp³-hybridized carbons (Fsp3) is 0.611. The predicted molar refractivity (Wildman–Crippen MR) is 87.3 cm³/mol. The zero-order valence-corrected chi connectivity index (χ0v) is 13.8. The Hall–Kier alpha value is -1.35. The third-order valence-corrected chi connectivity index (χ3v) is 4.65. The number of nitrogens with zero attached hydrogens (tertiary/aromatic N) is 1. The summed E-state index contributed by atoms with van der Waals surface area (Å²) < 4.78 is 0. The van der Waals surface area contributed by atoms with Crippen LogP contribution < -0.4 is 5.32 Å². The van der Waals surface area contributed by atoms with Gasteiger partial charge in [-0.1, -0.05) is 25.1 Å². The standard InChI is InChI=1S/C18H28N2O/c1-13-7-9-20(10-8-13)12-18(21)19-16(4)17-6-5-14(2)15(3)11-17/h5-6,11,13,16H,7-10,12H2,1-4H3,(H,19,21)/t16-/m1/s1. The lowest BCUT2D eigenvalue weighted by atomic mass is 9.99. The van der Waals surface area contributed by atoms with Gasteiger partial charge in [0.15, 0.2) is 0 Å². The van der Waals surface area contributed by atoms with Crippen molar-refractivity contribution in [2.24, 2.45) is 5.92 Å². The molecule has 1 saturated heterocycles. The molecule has 0 aromatic heterocycles. The highest BCUT2D eigenvalue weighted by atomic mass is 16.2. The molecule has 1 heterocycles. The van der Waals surface area contributed by atoms with Gasteiger partial charge in [-0.3, -0.25) is 9.69 Å². The minimum Gasteiger partial charge on any atom is -0.348 e. The van der Waals surface area contributed by atoms with Crippen LogP contribution in [-0.2, 0) is 4.79 Å². The molecule has 1 aromatic rings. The summed E-state index contributed by atoms with van der Waals surface area (Å²) in [5.41, 5.74) is 3.75. The van der Waals surface area contributed by atoms with Crippen molar-refractivity contribution in [1.82, 2.24) is 10.2 Å². The third kappa shape index (κ3) is 4.57. The Bertz CT molecular complexity index is 490. The molecule has 1 atom stereocenters. The molecule has 3 heteroatoms. The number of likely N-dealkylation sites (tertiary alicyclic amines) is 1. The zero-order chi connectivity index (χ0) is 15.4. The van der Waals surface area contributed by atoms with Crippen LogP contribution in [0.2, 0.25) is 0 Å². The number of benzene rings is 1. The first-order valence-corrected chi connectivity index (χ1v) is 8.04. The molecule has 0 bridgehead atoms. The third-order valence-electron chi connectivity index (χ3n) is 4.65. The van der Waals surface area contributed by atoms with Crippen LogP contribution in [0.1, 0.15) is 49.4 Å². The number of aryl methyl sites for hydroxylation is 2. The smallest absolute Gasteiger partial charge is 0.234 e. The van der Waals surface area contributed by atoms with E-state index in [1.807, 2.05) is 0 Å². The van der Waals surface area contributed by atoms with Gasteiger partial charge < -0.3 is 5.32 Å². The van der Waals surface area contributed by atoms with E-state index in [4.69, 9.17) is 0 Å². The van der Waals surface area contributed by atoms with E-state index >= 15 is 0 Å². The van der Waals surface area contributed by atoms with Crippen LogP contribution in [0.4, 0.5) is 0 Å². The number of carbonyl (C=O) groups is 1. The van der Waals surface area contributed by atoms with Crippen molar-refractivity contribution < 1.29 is 4.79 Å². The molecule has 21 heavy (non-hydrogen) atoms. The monoisotopic (exact) mass is 288 g/mol. The first kappa shape index (κ1) is 16.0. The fourth-order valence-corrected chi connectivity index (χ4v) is 2.83. The van der Waals surface area contributed by atoms with Crippen molar-refractivity contribution in [2.45, 2.75) is 46.6 Å². The first-order valence-electron chi connectivity index (χ1n) is 8.04. The second-order valence-corrected chi connectivity index (χ2v) is 6.59. The number of carbonyl (C=O) groups excluding carboxylic acids is 1. The topological polar surface area (TPSA) is 32.3 Å². The number of hydrogen-bond acceptors (Lipinski definition) is 2. The molecule has 0 radical (unpaired) electrons. The summed E-state index contributed by atoms with van der Waals surface area (Å²) in [6.07, 6.45) is 2.42. The van der Waals surface area contributed by atoms with E-state index in [0.717, 1.165) is 19.0 Å². The molecule has 0 spiro atoms. The molecule has 0 saturated carbocycles. The van der Waals surface area contributed by atoms with Gasteiger partial charge in [0.1, 0.15) is 0 Å². The fourth-order valence-electron chi connectivity index (χ4n) is 2.83. The van der Waals surface area contributed by atoms with E-state index in [2.05, 4.69) is 56.1 Å². The van der Waals surface area contributed by atoms with Crippen LogP contribution in [0.15, 0.2) is 18.2 Å². The molecule has 1 aliphatic rings. The molecule has 2 rings (SSSR count). The van der Waals surface area contributed by atoms with Gasteiger partial charge in [0.05, 0.1) is 12.6 Å². The van der Waals surface area contributed by atoms with Gasteiger partial charge in [-0.2, -0.15) is 0 Å². The van der Waals surface area contributed by atoms with E-state index < -0.39 is 0 Å². The van der Waals surface area contributed by atoms with Gasteiger partial charge >= 0.3 is 0 Å². The Morgan fingerprint density at radius 3 is 2.57 bits per heavy atom. The number of rotatable bonds is 4. The van der Waals surface area contributed by atoms with Crippen LogP contribution in [0, 0.1) is 19.8 Å². The SMILES string of the molecule is Cc1ccc([C@@H](C)NC(=O)CN2CCC(C)CC2)cc1C. The quantitative estimate of drug-likeness (QED) is 0.922. The molecule has 1 aromatic carbocycles. The number of hydrogen-bond donors (Lipinski definition) is 1. The maximum absolute atomic E-state index is 12.2. The molecular weight excluding hydrogens is 260 g/mol. The van der Waals surface area contributed by atoms with Crippen molar-refractivity contribution >= 4 is 5.91 Å². The van der Waals surface area contributed by atoms with E-state index in [-0.39, 0.29) is 11.9 Å². The summed E-state index contributed by atoms with van der Waals surface area (Å²) >= 11 is 0. The van der Waals surface area contributed by atoms with Crippen molar-refractivity contribution in [3.63, 3.8) is 0 Å². The summed E-state index contributed by atoms with van der Waals surface area (Å²) in [6, 6.07) is 6.47. The summed E-state index contributed by atoms with van der Waals surface area (Å²) in [5, 5.41) is 3.12. The van der Waals surface area contributed by atoms with Gasteiger partial charge in [0.2, 0.25) is 5.91 Å². The van der Waals surface area contributed by atoms with Crippen molar-refractivity contribution in [2.75, 3.05) is 19.6 Å². The largest absolute Gasteiger partial charge is 0.348 e. The minimum absolute atomic E-state index is 0.0699. The maximum atomic E-state index is 12.2. The van der Waals surface area contributed by atoms with Gasteiger partial charge in [-0.15, -0.1) is 0 Å². The van der Waals surface area contributed by atoms with Gasteiger partial charge in [-0.05, 0) is 69.3 Å². The Labute approximate surface area is 128 Å². The Morgan fingerprint density at radius 1 is 1.29 bits per heavy atom. The van der Waals surface area contributed by atoms with Crippen LogP contribution in [-0.4, -0.2) is 30.4 Å². The summed E-state index contributed by atoms with van der Waals surface area (Å²) in [6.45, 7) is 11.2. The Morgan fingerprint density at radius 2 is 1.95 bits per heavy atom. The molecule has 3 nitrogen and oxygen atoms in total. The maximum Gasteiger partial charge on any atom is 0.234 e. The molecule has 0 aliphatic carbocycles. The average Bonchev–Trinajstić information content (AvgIpc) is 2.44. The predicted octanol–water partition coefficient (Wildman–Crippen LogP) is 3.21. The number of amides is 1. The van der Waals surface area contributed by atoms with E-state index in [1.54, 1.807) is 0 Å². The normalized spacial score (nSPS) is 18.5. The molecule has 0 unspecified atom stereocenters. The highest BCUT2D eigenvalue weighted by Gasteiger charge is 2.19. The first-order chi connectivity index (χ1) is 9.95. The lowest BCUT2D eigenvalue weighted by Crippen LogP contribution is -2.41. The highest BCUT2D eigenvalue weighted by molar-refractivity contribution is 5.78. The van der Waals surface area contributed by atoms with Gasteiger partial charge in [0, 0.05) is 0 Å². The van der Waals surface area contributed by atoms with Crippen molar-refractivity contribution in [3.05, 3.63) is 34.9 Å². The Balaban J connectivity index is 1.85. The Kier molecular flexibility index (Phi) is 5.40. The number of piperidine rings is 1. The van der Waals surface area contributed by atoms with Gasteiger partial charge in [-0.25, -0.2) is 0 Å². The number of nitrogens with one attached hydrogen (secondary N) is 1. The van der Waals surface area contributed by atoms with E-state index in [0.29, 0.717) is 6.54 Å². The summed E-state index contributed by atoms with van der Waals surface area (Å²) in [5.74, 6) is 0.939. The van der Waals surface area contributed by atoms with Crippen LogP contribution >= 0.6 is 0 Å². The average molecular weight is 288 g/mol. The molecule has 1 amide bonds. The molecule has 116 valence electrons. The minimum atomic E-state index is 0.0699. The van der Waals surface area contributed by atoms with Crippen LogP contribution in [0.25, 0.3) is 0 Å². The molecule has 1 fully saturated rings. The highest BCUT2D eigenvalue weighted by Crippen LogP contribution is 2.18. The summed E-state index contributed by atoms with van der Waals surface area (Å²) in [4.78, 5) is 14.4. The van der Waals surface area contributed by atoms with E-state index in [1.165, 1.54) is 29.5 Å². The summed E-state index contributed by atoms with van der Waals surface area (Å²) in [7, 11) is 0. The molecule has 1 N–H and O–H groups in total. The van der Waals surface area contributed by atoms with Gasteiger partial charge in [0.25, 0.3) is 0 Å². The van der Waals surface area contributed by atoms with Crippen LogP contribution in [0.3, 0.4) is 0 Å². The lowest BCUT2D eigenvalue weighted by molar-refractivity contribution is -0.123. The van der Waals surface area contributed by atoms with E-state index in [9.17, 15) is 4.79 Å².